The second kappa shape index (κ2) is 5.75. The number of para-hydroxylation sites is 2. The lowest BCUT2D eigenvalue weighted by molar-refractivity contribution is 0.0691. The molecule has 0 atom stereocenters. The van der Waals surface area contributed by atoms with Crippen molar-refractivity contribution in [3.63, 3.8) is 0 Å². The summed E-state index contributed by atoms with van der Waals surface area (Å²) < 4.78 is 6.99. The Morgan fingerprint density at radius 1 is 1.30 bits per heavy atom. The molecule has 1 aromatic carbocycles. The molecule has 7 heteroatoms. The van der Waals surface area contributed by atoms with E-state index in [4.69, 9.17) is 4.74 Å². The van der Waals surface area contributed by atoms with Crippen LogP contribution in [-0.4, -0.2) is 39.9 Å². The van der Waals surface area contributed by atoms with Crippen molar-refractivity contribution in [2.45, 2.75) is 19.9 Å². The Hall–Kier alpha value is -2.83. The van der Waals surface area contributed by atoms with Crippen LogP contribution in [0, 0.1) is 0 Å². The third kappa shape index (κ3) is 2.54. The van der Waals surface area contributed by atoms with Gasteiger partial charge in [-0.05, 0) is 26.0 Å². The molecule has 0 saturated carbocycles. The van der Waals surface area contributed by atoms with Gasteiger partial charge in [0, 0.05) is 6.04 Å². The molecule has 1 aliphatic rings. The van der Waals surface area contributed by atoms with Crippen LogP contribution >= 0.6 is 0 Å². The van der Waals surface area contributed by atoms with Crippen LogP contribution in [0.1, 0.15) is 40.7 Å². The number of benzene rings is 1. The average Bonchev–Trinajstić information content (AvgIpc) is 2.99. The Bertz CT molecular complexity index is 766. The van der Waals surface area contributed by atoms with Gasteiger partial charge < -0.3 is 14.7 Å². The fourth-order valence-electron chi connectivity index (χ4n) is 2.63. The minimum absolute atomic E-state index is 0.0872. The van der Waals surface area contributed by atoms with E-state index in [1.807, 2.05) is 26.0 Å². The topological polar surface area (TPSA) is 84.7 Å². The van der Waals surface area contributed by atoms with Gasteiger partial charge in [-0.15, -0.1) is 0 Å². The Morgan fingerprint density at radius 3 is 2.74 bits per heavy atom. The normalized spacial score (nSPS) is 13.6. The van der Waals surface area contributed by atoms with E-state index in [1.165, 1.54) is 10.9 Å². The highest BCUT2D eigenvalue weighted by Crippen LogP contribution is 2.32. The van der Waals surface area contributed by atoms with Gasteiger partial charge in [0.15, 0.2) is 0 Å². The van der Waals surface area contributed by atoms with Gasteiger partial charge in [-0.2, -0.15) is 5.10 Å². The molecule has 23 heavy (non-hydrogen) atoms. The summed E-state index contributed by atoms with van der Waals surface area (Å²) in [5, 5.41) is 13.4. The van der Waals surface area contributed by atoms with E-state index in [9.17, 15) is 14.7 Å². The first-order valence-corrected chi connectivity index (χ1v) is 7.35. The zero-order valence-electron chi connectivity index (χ0n) is 12.9. The highest BCUT2D eigenvalue weighted by Gasteiger charge is 2.31. The van der Waals surface area contributed by atoms with E-state index >= 15 is 0 Å². The molecule has 0 bridgehead atoms. The Morgan fingerprint density at radius 2 is 2.04 bits per heavy atom. The van der Waals surface area contributed by atoms with Crippen molar-refractivity contribution >= 4 is 17.6 Å². The van der Waals surface area contributed by atoms with Crippen LogP contribution in [0.25, 0.3) is 0 Å². The average molecular weight is 315 g/mol. The summed E-state index contributed by atoms with van der Waals surface area (Å²) in [5.41, 5.74) is 0.633. The number of aromatic carboxylic acids is 1. The number of carbonyl (C=O) groups is 2. The van der Waals surface area contributed by atoms with E-state index < -0.39 is 5.97 Å². The minimum atomic E-state index is -1.17. The van der Waals surface area contributed by atoms with E-state index in [0.717, 1.165) is 0 Å². The Balaban J connectivity index is 2.08. The highest BCUT2D eigenvalue weighted by molar-refractivity contribution is 6.11. The third-order valence-corrected chi connectivity index (χ3v) is 3.69. The number of aromatic nitrogens is 2. The molecule has 1 aromatic heterocycles. The van der Waals surface area contributed by atoms with Crippen LogP contribution in [-0.2, 0) is 0 Å². The van der Waals surface area contributed by atoms with Gasteiger partial charge in [0.25, 0.3) is 5.91 Å². The summed E-state index contributed by atoms with van der Waals surface area (Å²) >= 11 is 0. The molecule has 2 aromatic rings. The van der Waals surface area contributed by atoms with Crippen molar-refractivity contribution in [2.75, 3.05) is 18.1 Å². The second-order valence-corrected chi connectivity index (χ2v) is 5.52. The number of hydrogen-bond acceptors (Lipinski definition) is 4. The Kier molecular flexibility index (Phi) is 3.77. The predicted octanol–water partition coefficient (Wildman–Crippen LogP) is 2.20. The van der Waals surface area contributed by atoms with Gasteiger partial charge >= 0.3 is 5.97 Å². The van der Waals surface area contributed by atoms with E-state index in [-0.39, 0.29) is 23.2 Å². The number of carbonyl (C=O) groups excluding carboxylic acids is 1. The van der Waals surface area contributed by atoms with Gasteiger partial charge in [-0.25, -0.2) is 4.79 Å². The quantitative estimate of drug-likeness (QED) is 0.938. The maximum atomic E-state index is 13.0. The molecule has 0 spiro atoms. The molecule has 1 aliphatic heterocycles. The molecule has 0 radical (unpaired) electrons. The number of carboxylic acid groups (broad SMARTS) is 1. The smallest absolute Gasteiger partial charge is 0.339 e. The minimum Gasteiger partial charge on any atom is -0.490 e. The molecular formula is C16H17N3O4. The fraction of sp³-hybridized carbons (Fsp3) is 0.312. The maximum Gasteiger partial charge on any atom is 0.339 e. The first-order chi connectivity index (χ1) is 11.0. The van der Waals surface area contributed by atoms with E-state index in [0.29, 0.717) is 24.6 Å². The predicted molar refractivity (Wildman–Crippen MR) is 83.2 cm³/mol. The number of anilines is 1. The molecule has 0 saturated heterocycles. The summed E-state index contributed by atoms with van der Waals surface area (Å²) in [4.78, 5) is 26.0. The summed E-state index contributed by atoms with van der Waals surface area (Å²) in [6.45, 7) is 4.42. The van der Waals surface area contributed by atoms with Crippen molar-refractivity contribution in [3.05, 3.63) is 41.7 Å². The SMILES string of the molecule is CC(C)n1ncc(C(=O)O)c1C(=O)N1CCOc2ccccc21. The molecule has 2 heterocycles. The zero-order valence-corrected chi connectivity index (χ0v) is 12.9. The standard InChI is InChI=1S/C16H17N3O4/c1-10(2)19-14(11(9-17-19)16(21)22)15(20)18-7-8-23-13-6-4-3-5-12(13)18/h3-6,9-10H,7-8H2,1-2H3,(H,21,22). The van der Waals surface area contributed by atoms with Crippen molar-refractivity contribution in [1.82, 2.24) is 9.78 Å². The summed E-state index contributed by atoms with van der Waals surface area (Å²) in [7, 11) is 0. The highest BCUT2D eigenvalue weighted by atomic mass is 16.5. The van der Waals surface area contributed by atoms with Crippen LogP contribution in [0.4, 0.5) is 5.69 Å². The molecule has 0 fully saturated rings. The number of fused-ring (bicyclic) bond motifs is 1. The summed E-state index contributed by atoms with van der Waals surface area (Å²) in [6, 6.07) is 7.08. The van der Waals surface area contributed by atoms with Gasteiger partial charge in [0.1, 0.15) is 23.6 Å². The van der Waals surface area contributed by atoms with E-state index in [1.54, 1.807) is 17.0 Å². The van der Waals surface area contributed by atoms with Crippen LogP contribution in [0.5, 0.6) is 5.75 Å². The molecule has 120 valence electrons. The first kappa shape index (κ1) is 15.1. The van der Waals surface area contributed by atoms with Crippen molar-refractivity contribution in [1.29, 1.82) is 0 Å². The molecule has 3 rings (SSSR count). The lowest BCUT2D eigenvalue weighted by Gasteiger charge is -2.30. The number of amides is 1. The van der Waals surface area contributed by atoms with Crippen molar-refractivity contribution in [2.24, 2.45) is 0 Å². The van der Waals surface area contributed by atoms with Gasteiger partial charge in [0.05, 0.1) is 18.4 Å². The molecule has 0 aliphatic carbocycles. The Labute approximate surface area is 133 Å². The molecule has 1 N–H and O–H groups in total. The fourth-order valence-corrected chi connectivity index (χ4v) is 2.63. The largest absolute Gasteiger partial charge is 0.490 e. The van der Waals surface area contributed by atoms with Crippen LogP contribution < -0.4 is 9.64 Å². The first-order valence-electron chi connectivity index (χ1n) is 7.35. The summed E-state index contributed by atoms with van der Waals surface area (Å²) in [5.74, 6) is -0.939. The molecule has 1 amide bonds. The lowest BCUT2D eigenvalue weighted by atomic mass is 10.1. The molecule has 0 unspecified atom stereocenters. The van der Waals surface area contributed by atoms with Gasteiger partial charge in [0.2, 0.25) is 0 Å². The van der Waals surface area contributed by atoms with Crippen molar-refractivity contribution in [3.8, 4) is 5.75 Å². The van der Waals surface area contributed by atoms with Crippen LogP contribution in [0.3, 0.4) is 0 Å². The molecule has 7 nitrogen and oxygen atoms in total. The van der Waals surface area contributed by atoms with Crippen LogP contribution in [0.15, 0.2) is 30.5 Å². The summed E-state index contributed by atoms with van der Waals surface area (Å²) in [6.07, 6.45) is 1.22. The number of carboxylic acids is 1. The number of ether oxygens (including phenoxy) is 1. The second-order valence-electron chi connectivity index (χ2n) is 5.52. The number of hydrogen-bond donors (Lipinski definition) is 1. The molecular weight excluding hydrogens is 298 g/mol. The maximum absolute atomic E-state index is 13.0. The van der Waals surface area contributed by atoms with Gasteiger partial charge in [-0.3, -0.25) is 9.48 Å². The van der Waals surface area contributed by atoms with Crippen molar-refractivity contribution < 1.29 is 19.4 Å². The number of rotatable bonds is 3. The van der Waals surface area contributed by atoms with E-state index in [2.05, 4.69) is 5.10 Å². The number of nitrogens with zero attached hydrogens (tertiary/aromatic N) is 3. The van der Waals surface area contributed by atoms with Gasteiger partial charge in [-0.1, -0.05) is 12.1 Å². The van der Waals surface area contributed by atoms with Crippen LogP contribution in [0.2, 0.25) is 0 Å². The zero-order chi connectivity index (χ0) is 16.6. The third-order valence-electron chi connectivity index (χ3n) is 3.69. The monoisotopic (exact) mass is 315 g/mol. The lowest BCUT2D eigenvalue weighted by Crippen LogP contribution is -2.39.